The first-order chi connectivity index (χ1) is 6.65. The summed E-state index contributed by atoms with van der Waals surface area (Å²) in [6.45, 7) is 2.82. The zero-order chi connectivity index (χ0) is 10.6. The first-order valence-corrected chi connectivity index (χ1v) is 4.62. The van der Waals surface area contributed by atoms with Gasteiger partial charge >= 0.3 is 0 Å². The maximum Gasteiger partial charge on any atom is 0.228 e. The molecule has 1 saturated heterocycles. The van der Waals surface area contributed by atoms with Crippen LogP contribution in [0.3, 0.4) is 0 Å². The fourth-order valence-corrected chi connectivity index (χ4v) is 1.60. The van der Waals surface area contributed by atoms with Crippen LogP contribution in [0.2, 0.25) is 0 Å². The van der Waals surface area contributed by atoms with Gasteiger partial charge in [-0.25, -0.2) is 0 Å². The molecule has 1 heterocycles. The number of hydrogen-bond donors (Lipinski definition) is 1. The maximum absolute atomic E-state index is 11.4. The van der Waals surface area contributed by atoms with Gasteiger partial charge in [0.05, 0.1) is 6.10 Å². The van der Waals surface area contributed by atoms with Gasteiger partial charge in [0.1, 0.15) is 6.54 Å². The first-order valence-electron chi connectivity index (χ1n) is 4.62. The van der Waals surface area contributed by atoms with Gasteiger partial charge in [0.2, 0.25) is 5.91 Å². The minimum atomic E-state index is -0.382. The van der Waals surface area contributed by atoms with Crippen LogP contribution in [0.1, 0.15) is 13.3 Å². The van der Waals surface area contributed by atoms with Crippen molar-refractivity contribution in [3.8, 4) is 0 Å². The Labute approximate surface area is 82.1 Å². The van der Waals surface area contributed by atoms with Crippen molar-refractivity contribution in [2.45, 2.75) is 19.4 Å². The van der Waals surface area contributed by atoms with Crippen molar-refractivity contribution < 1.29 is 9.90 Å². The normalized spacial score (nSPS) is 23.0. The predicted octanol–water partition coefficient (Wildman–Crippen LogP) is 0.526. The minimum absolute atomic E-state index is 0.122. The average molecular weight is 198 g/mol. The van der Waals surface area contributed by atoms with Crippen LogP contribution in [0.15, 0.2) is 5.11 Å². The Morgan fingerprint density at radius 2 is 2.57 bits per heavy atom. The lowest BCUT2D eigenvalue weighted by atomic mass is 10.0. The molecule has 0 unspecified atom stereocenters. The highest BCUT2D eigenvalue weighted by Gasteiger charge is 2.28. The summed E-state index contributed by atoms with van der Waals surface area (Å²) in [4.78, 5) is 15.5. The van der Waals surface area contributed by atoms with Crippen LogP contribution in [0, 0.1) is 5.92 Å². The minimum Gasteiger partial charge on any atom is -0.393 e. The van der Waals surface area contributed by atoms with Crippen LogP contribution in [0.5, 0.6) is 0 Å². The number of carbonyl (C=O) groups is 1. The number of azide groups is 1. The third kappa shape index (κ3) is 2.61. The van der Waals surface area contributed by atoms with Gasteiger partial charge in [-0.2, -0.15) is 0 Å². The molecule has 1 N–H and O–H groups in total. The van der Waals surface area contributed by atoms with Gasteiger partial charge in [-0.05, 0) is 18.9 Å². The van der Waals surface area contributed by atoms with Crippen molar-refractivity contribution in [1.29, 1.82) is 0 Å². The maximum atomic E-state index is 11.4. The second-order valence-electron chi connectivity index (χ2n) is 3.52. The molecule has 1 amide bonds. The molecule has 14 heavy (non-hydrogen) atoms. The van der Waals surface area contributed by atoms with Crippen LogP contribution < -0.4 is 0 Å². The SMILES string of the molecule is C[C@H](O)[C@H]1CCN(C(=O)CN=[N+]=[N-])C1. The van der Waals surface area contributed by atoms with Crippen molar-refractivity contribution in [2.24, 2.45) is 11.0 Å². The second kappa shape index (κ2) is 4.83. The predicted molar refractivity (Wildman–Crippen MR) is 50.4 cm³/mol. The third-order valence-corrected chi connectivity index (χ3v) is 2.53. The number of aliphatic hydroxyl groups excluding tert-OH is 1. The van der Waals surface area contributed by atoms with Gasteiger partial charge in [0.15, 0.2) is 0 Å². The monoisotopic (exact) mass is 198 g/mol. The first kappa shape index (κ1) is 10.8. The fourth-order valence-electron chi connectivity index (χ4n) is 1.60. The molecule has 0 aromatic rings. The smallest absolute Gasteiger partial charge is 0.228 e. The average Bonchev–Trinajstić information content (AvgIpc) is 2.62. The summed E-state index contributed by atoms with van der Waals surface area (Å²) in [6, 6.07) is 0. The molecular formula is C8H14N4O2. The number of hydrogen-bond acceptors (Lipinski definition) is 3. The van der Waals surface area contributed by atoms with Crippen LogP contribution in [0.25, 0.3) is 10.4 Å². The van der Waals surface area contributed by atoms with E-state index in [9.17, 15) is 9.90 Å². The van der Waals surface area contributed by atoms with Crippen molar-refractivity contribution in [2.75, 3.05) is 19.6 Å². The van der Waals surface area contributed by atoms with Crippen molar-refractivity contribution in [3.63, 3.8) is 0 Å². The molecule has 0 radical (unpaired) electrons. The molecule has 6 heteroatoms. The molecule has 0 aliphatic carbocycles. The summed E-state index contributed by atoms with van der Waals surface area (Å²) < 4.78 is 0. The summed E-state index contributed by atoms with van der Waals surface area (Å²) in [5.74, 6) is -0.00374. The van der Waals surface area contributed by atoms with E-state index in [2.05, 4.69) is 10.0 Å². The molecule has 1 aliphatic heterocycles. The van der Waals surface area contributed by atoms with E-state index in [0.717, 1.165) is 6.42 Å². The molecule has 0 aromatic heterocycles. The zero-order valence-electron chi connectivity index (χ0n) is 8.13. The lowest BCUT2D eigenvalue weighted by Gasteiger charge is -2.16. The van der Waals surface area contributed by atoms with Crippen LogP contribution in [-0.2, 0) is 4.79 Å². The molecular weight excluding hydrogens is 184 g/mol. The summed E-state index contributed by atoms with van der Waals surface area (Å²) in [5, 5.41) is 12.5. The third-order valence-electron chi connectivity index (χ3n) is 2.53. The summed E-state index contributed by atoms with van der Waals surface area (Å²) >= 11 is 0. The molecule has 2 atom stereocenters. The van der Waals surface area contributed by atoms with Gasteiger partial charge in [0.25, 0.3) is 0 Å². The molecule has 78 valence electrons. The van der Waals surface area contributed by atoms with E-state index in [1.165, 1.54) is 0 Å². The Morgan fingerprint density at radius 3 is 3.07 bits per heavy atom. The van der Waals surface area contributed by atoms with Crippen LogP contribution in [0.4, 0.5) is 0 Å². The lowest BCUT2D eigenvalue weighted by molar-refractivity contribution is -0.128. The fraction of sp³-hybridized carbons (Fsp3) is 0.875. The number of carbonyl (C=O) groups excluding carboxylic acids is 1. The van der Waals surface area contributed by atoms with Crippen molar-refractivity contribution in [3.05, 3.63) is 10.4 Å². The van der Waals surface area contributed by atoms with Gasteiger partial charge in [-0.1, -0.05) is 5.11 Å². The second-order valence-corrected chi connectivity index (χ2v) is 3.52. The summed E-state index contributed by atoms with van der Waals surface area (Å²) in [7, 11) is 0. The number of nitrogens with zero attached hydrogens (tertiary/aromatic N) is 4. The van der Waals surface area contributed by atoms with Gasteiger partial charge in [0, 0.05) is 23.9 Å². The molecule has 1 fully saturated rings. The Kier molecular flexibility index (Phi) is 3.73. The van der Waals surface area contributed by atoms with E-state index in [4.69, 9.17) is 5.53 Å². The number of amides is 1. The van der Waals surface area contributed by atoms with E-state index in [0.29, 0.717) is 13.1 Å². The Bertz CT molecular complexity index is 260. The Hall–Kier alpha value is -1.26. The molecule has 0 spiro atoms. The Balaban J connectivity index is 2.41. The highest BCUT2D eigenvalue weighted by atomic mass is 16.3. The standard InChI is InChI=1S/C8H14N4O2/c1-6(13)7-2-3-12(5-7)8(14)4-10-11-9/h6-7,13H,2-5H2,1H3/t6-,7-/m0/s1. The van der Waals surface area contributed by atoms with Crippen molar-refractivity contribution in [1.82, 2.24) is 4.90 Å². The van der Waals surface area contributed by atoms with E-state index in [1.807, 2.05) is 0 Å². The van der Waals surface area contributed by atoms with Crippen molar-refractivity contribution >= 4 is 5.91 Å². The topological polar surface area (TPSA) is 89.3 Å². The summed E-state index contributed by atoms with van der Waals surface area (Å²) in [6.07, 6.45) is 0.437. The van der Waals surface area contributed by atoms with Crippen LogP contribution >= 0.6 is 0 Å². The highest BCUT2D eigenvalue weighted by Crippen LogP contribution is 2.19. The van der Waals surface area contributed by atoms with Gasteiger partial charge in [-0.3, -0.25) is 4.79 Å². The van der Waals surface area contributed by atoms with Crippen LogP contribution in [-0.4, -0.2) is 41.7 Å². The molecule has 1 rings (SSSR count). The lowest BCUT2D eigenvalue weighted by Crippen LogP contribution is -2.31. The Morgan fingerprint density at radius 1 is 1.86 bits per heavy atom. The number of rotatable bonds is 3. The van der Waals surface area contributed by atoms with E-state index in [-0.39, 0.29) is 24.5 Å². The number of likely N-dealkylation sites (tertiary alicyclic amines) is 1. The molecule has 1 aliphatic rings. The number of aliphatic hydroxyl groups is 1. The molecule has 0 saturated carbocycles. The molecule has 6 nitrogen and oxygen atoms in total. The quantitative estimate of drug-likeness (QED) is 0.407. The van der Waals surface area contributed by atoms with Gasteiger partial charge in [-0.15, -0.1) is 0 Å². The van der Waals surface area contributed by atoms with E-state index < -0.39 is 0 Å². The highest BCUT2D eigenvalue weighted by molar-refractivity contribution is 5.78. The summed E-state index contributed by atoms with van der Waals surface area (Å²) in [5.41, 5.74) is 8.05. The molecule has 0 aromatic carbocycles. The zero-order valence-corrected chi connectivity index (χ0v) is 8.13. The largest absolute Gasteiger partial charge is 0.393 e. The van der Waals surface area contributed by atoms with E-state index >= 15 is 0 Å². The van der Waals surface area contributed by atoms with Gasteiger partial charge < -0.3 is 10.0 Å². The van der Waals surface area contributed by atoms with E-state index in [1.54, 1.807) is 11.8 Å². The molecule has 0 bridgehead atoms.